The first-order chi connectivity index (χ1) is 12.8. The minimum atomic E-state index is -4.31. The Bertz CT molecular complexity index is 941. The Morgan fingerprint density at radius 3 is 2.44 bits per heavy atom. The van der Waals surface area contributed by atoms with Crippen LogP contribution in [0.1, 0.15) is 18.1 Å². The van der Waals surface area contributed by atoms with E-state index in [0.717, 1.165) is 39.8 Å². The van der Waals surface area contributed by atoms with Crippen LogP contribution in [0.2, 0.25) is 0 Å². The number of quaternary nitrogens is 1. The molecule has 0 saturated heterocycles. The average Bonchev–Trinajstić information content (AvgIpc) is 3.23. The standard InChI is InChI=1S/C18H19F3N4S2/c1-3-24-16(15-5-4-10-27-15)22-25(17(24)26)12-23(2)11-13-6-8-14(9-7-13)18(19,20)21/h4-10H,3,11-12H2,1-2H3/p+1. The van der Waals surface area contributed by atoms with Gasteiger partial charge >= 0.3 is 6.18 Å². The molecule has 1 N–H and O–H groups in total. The summed E-state index contributed by atoms with van der Waals surface area (Å²) in [6, 6.07) is 9.27. The minimum absolute atomic E-state index is 0.533. The first kappa shape index (κ1) is 19.8. The molecule has 0 aliphatic heterocycles. The van der Waals surface area contributed by atoms with Gasteiger partial charge in [-0.3, -0.25) is 4.57 Å². The molecular formula is C18H20F3N4S2+. The van der Waals surface area contributed by atoms with Crippen LogP contribution in [0.25, 0.3) is 10.7 Å². The first-order valence-corrected chi connectivity index (χ1v) is 9.77. The molecule has 0 saturated carbocycles. The van der Waals surface area contributed by atoms with E-state index in [4.69, 9.17) is 12.2 Å². The number of thiophene rings is 1. The zero-order valence-electron chi connectivity index (χ0n) is 15.0. The quantitative estimate of drug-likeness (QED) is 0.622. The second kappa shape index (κ2) is 7.95. The number of hydrogen-bond acceptors (Lipinski definition) is 3. The summed E-state index contributed by atoms with van der Waals surface area (Å²) in [6.07, 6.45) is -4.31. The zero-order chi connectivity index (χ0) is 19.6. The third kappa shape index (κ3) is 4.48. The van der Waals surface area contributed by atoms with E-state index in [0.29, 0.717) is 18.0 Å². The van der Waals surface area contributed by atoms with Crippen LogP contribution in [0.3, 0.4) is 0 Å². The molecule has 4 nitrogen and oxygen atoms in total. The fourth-order valence-electron chi connectivity index (χ4n) is 2.89. The lowest BCUT2D eigenvalue weighted by molar-refractivity contribution is -0.917. The van der Waals surface area contributed by atoms with Crippen molar-refractivity contribution in [3.05, 3.63) is 57.7 Å². The van der Waals surface area contributed by atoms with Crippen LogP contribution >= 0.6 is 23.6 Å². The molecule has 27 heavy (non-hydrogen) atoms. The topological polar surface area (TPSA) is 27.2 Å². The molecule has 2 heterocycles. The molecule has 0 radical (unpaired) electrons. The van der Waals surface area contributed by atoms with Crippen molar-refractivity contribution in [3.63, 3.8) is 0 Å². The molecule has 1 unspecified atom stereocenters. The van der Waals surface area contributed by atoms with Gasteiger partial charge in [-0.1, -0.05) is 18.2 Å². The molecule has 2 aromatic heterocycles. The summed E-state index contributed by atoms with van der Waals surface area (Å²) in [5.41, 5.74) is 0.203. The largest absolute Gasteiger partial charge is 0.416 e. The van der Waals surface area contributed by atoms with Crippen molar-refractivity contribution < 1.29 is 18.1 Å². The van der Waals surface area contributed by atoms with Crippen LogP contribution in [0.4, 0.5) is 13.2 Å². The number of aromatic nitrogens is 3. The summed E-state index contributed by atoms with van der Waals surface area (Å²) in [5.74, 6) is 0.847. The van der Waals surface area contributed by atoms with Crippen molar-refractivity contribution in [2.24, 2.45) is 0 Å². The monoisotopic (exact) mass is 413 g/mol. The number of halogens is 3. The van der Waals surface area contributed by atoms with E-state index in [2.05, 4.69) is 5.10 Å². The van der Waals surface area contributed by atoms with Crippen LogP contribution < -0.4 is 4.90 Å². The first-order valence-electron chi connectivity index (χ1n) is 8.48. The van der Waals surface area contributed by atoms with Crippen LogP contribution in [-0.4, -0.2) is 21.4 Å². The average molecular weight is 414 g/mol. The number of benzene rings is 1. The fourth-order valence-corrected chi connectivity index (χ4v) is 3.93. The van der Waals surface area contributed by atoms with E-state index < -0.39 is 11.7 Å². The highest BCUT2D eigenvalue weighted by atomic mass is 32.1. The van der Waals surface area contributed by atoms with Gasteiger partial charge in [-0.2, -0.15) is 17.9 Å². The normalized spacial score (nSPS) is 13.1. The maximum Gasteiger partial charge on any atom is 0.416 e. The number of rotatable bonds is 6. The van der Waals surface area contributed by atoms with Gasteiger partial charge in [-0.15, -0.1) is 16.4 Å². The molecule has 3 aromatic rings. The predicted octanol–water partition coefficient (Wildman–Crippen LogP) is 3.85. The van der Waals surface area contributed by atoms with Crippen LogP contribution in [0.5, 0.6) is 0 Å². The Kier molecular flexibility index (Phi) is 5.83. The Balaban J connectivity index is 1.75. The maximum atomic E-state index is 12.7. The molecule has 144 valence electrons. The van der Waals surface area contributed by atoms with E-state index in [9.17, 15) is 13.2 Å². The van der Waals surface area contributed by atoms with Crippen molar-refractivity contribution in [1.29, 1.82) is 0 Å². The zero-order valence-corrected chi connectivity index (χ0v) is 16.6. The summed E-state index contributed by atoms with van der Waals surface area (Å²) < 4.78 is 42.4. The van der Waals surface area contributed by atoms with Gasteiger partial charge < -0.3 is 4.90 Å². The molecule has 0 spiro atoms. The summed E-state index contributed by atoms with van der Waals surface area (Å²) in [7, 11) is 1.97. The number of hydrogen-bond donors (Lipinski definition) is 1. The molecular weight excluding hydrogens is 393 g/mol. The van der Waals surface area contributed by atoms with Crippen molar-refractivity contribution in [2.75, 3.05) is 7.05 Å². The lowest BCUT2D eigenvalue weighted by Gasteiger charge is -2.14. The lowest BCUT2D eigenvalue weighted by Crippen LogP contribution is -3.07. The van der Waals surface area contributed by atoms with E-state index in [1.165, 1.54) is 12.1 Å². The third-order valence-electron chi connectivity index (χ3n) is 4.19. The van der Waals surface area contributed by atoms with Crippen molar-refractivity contribution >= 4 is 23.6 Å². The fraction of sp³-hybridized carbons (Fsp3) is 0.333. The number of alkyl halides is 3. The molecule has 0 bridgehead atoms. The van der Waals surface area contributed by atoms with Gasteiger partial charge in [0.05, 0.1) is 17.5 Å². The van der Waals surface area contributed by atoms with Gasteiger partial charge in [-0.05, 0) is 42.7 Å². The summed E-state index contributed by atoms with van der Waals surface area (Å²) >= 11 is 7.17. The lowest BCUT2D eigenvalue weighted by atomic mass is 10.1. The van der Waals surface area contributed by atoms with Crippen molar-refractivity contribution in [1.82, 2.24) is 14.3 Å². The van der Waals surface area contributed by atoms with Crippen LogP contribution in [-0.2, 0) is 25.9 Å². The van der Waals surface area contributed by atoms with E-state index in [-0.39, 0.29) is 0 Å². The molecule has 3 rings (SSSR count). The van der Waals surface area contributed by atoms with Crippen molar-refractivity contribution in [3.8, 4) is 10.7 Å². The highest BCUT2D eigenvalue weighted by molar-refractivity contribution is 7.71. The second-order valence-corrected chi connectivity index (χ2v) is 7.63. The maximum absolute atomic E-state index is 12.7. The minimum Gasteiger partial charge on any atom is -0.315 e. The van der Waals surface area contributed by atoms with Gasteiger partial charge in [0.25, 0.3) is 0 Å². The number of nitrogens with one attached hydrogen (secondary N) is 1. The van der Waals surface area contributed by atoms with E-state index in [1.807, 2.05) is 36.1 Å². The molecule has 0 aliphatic rings. The molecule has 0 amide bonds. The Morgan fingerprint density at radius 1 is 1.19 bits per heavy atom. The van der Waals surface area contributed by atoms with Crippen LogP contribution in [0, 0.1) is 4.77 Å². The highest BCUT2D eigenvalue weighted by Crippen LogP contribution is 2.29. The molecule has 9 heteroatoms. The highest BCUT2D eigenvalue weighted by Gasteiger charge is 2.30. The van der Waals surface area contributed by atoms with E-state index >= 15 is 0 Å². The van der Waals surface area contributed by atoms with E-state index in [1.54, 1.807) is 16.0 Å². The summed E-state index contributed by atoms with van der Waals surface area (Å²) in [4.78, 5) is 2.13. The van der Waals surface area contributed by atoms with Gasteiger partial charge in [-0.25, -0.2) is 0 Å². The van der Waals surface area contributed by atoms with Gasteiger partial charge in [0, 0.05) is 12.1 Å². The number of nitrogens with zero attached hydrogens (tertiary/aromatic N) is 3. The van der Waals surface area contributed by atoms with Crippen LogP contribution in [0.15, 0.2) is 41.8 Å². The van der Waals surface area contributed by atoms with Gasteiger partial charge in [0.2, 0.25) is 4.77 Å². The summed E-state index contributed by atoms with van der Waals surface area (Å²) in [5, 5.41) is 6.67. The van der Waals surface area contributed by atoms with Crippen molar-refractivity contribution in [2.45, 2.75) is 32.9 Å². The summed E-state index contributed by atoms with van der Waals surface area (Å²) in [6.45, 7) is 3.86. The van der Waals surface area contributed by atoms with Gasteiger partial charge in [0.1, 0.15) is 6.54 Å². The Labute approximate surface area is 164 Å². The molecule has 0 aliphatic carbocycles. The SMILES string of the molecule is CCn1c(-c2cccs2)nn(C[NH+](C)Cc2ccc(C(F)(F)F)cc2)c1=S. The Morgan fingerprint density at radius 2 is 1.89 bits per heavy atom. The van der Waals surface area contributed by atoms with Gasteiger partial charge in [0.15, 0.2) is 12.5 Å². The molecule has 1 atom stereocenters. The third-order valence-corrected chi connectivity index (χ3v) is 5.48. The molecule has 0 fully saturated rings. The second-order valence-electron chi connectivity index (χ2n) is 6.31. The predicted molar refractivity (Wildman–Crippen MR) is 102 cm³/mol. The Hall–Kier alpha value is -1.97. The molecule has 1 aromatic carbocycles. The smallest absolute Gasteiger partial charge is 0.315 e.